The van der Waals surface area contributed by atoms with Crippen molar-refractivity contribution in [1.82, 2.24) is 14.9 Å². The quantitative estimate of drug-likeness (QED) is 0.786. The lowest BCUT2D eigenvalue weighted by Gasteiger charge is -2.20. The number of hydrogen-bond donors (Lipinski definition) is 0. The maximum absolute atomic E-state index is 12.4. The number of methoxy groups -OCH3 is 1. The Balaban J connectivity index is 1.99. The third-order valence-electron chi connectivity index (χ3n) is 2.73. The Labute approximate surface area is 126 Å². The van der Waals surface area contributed by atoms with Crippen molar-refractivity contribution in [1.29, 1.82) is 0 Å². The summed E-state index contributed by atoms with van der Waals surface area (Å²) in [6, 6.07) is 0. The highest BCUT2D eigenvalue weighted by Crippen LogP contribution is 2.12. The van der Waals surface area contributed by atoms with Gasteiger partial charge in [-0.05, 0) is 6.92 Å². The second kappa shape index (κ2) is 7.47. The van der Waals surface area contributed by atoms with Crippen LogP contribution in [0.25, 0.3) is 0 Å². The van der Waals surface area contributed by atoms with Gasteiger partial charge in [0, 0.05) is 30.6 Å². The molecular formula is C13H17N3O2S2. The Bertz CT molecular complexity index is 540. The summed E-state index contributed by atoms with van der Waals surface area (Å²) in [5.41, 5.74) is 0.832. The topological polar surface area (TPSA) is 55.3 Å². The van der Waals surface area contributed by atoms with Gasteiger partial charge in [0.15, 0.2) is 0 Å². The first-order chi connectivity index (χ1) is 9.69. The number of rotatable bonds is 7. The van der Waals surface area contributed by atoms with Crippen LogP contribution in [0.3, 0.4) is 0 Å². The molecule has 0 atom stereocenters. The van der Waals surface area contributed by atoms with Gasteiger partial charge in [0.25, 0.3) is 0 Å². The van der Waals surface area contributed by atoms with Crippen molar-refractivity contribution in [2.45, 2.75) is 19.9 Å². The molecule has 1 amide bonds. The standard InChI is InChI=1S/C13H17N3O2S2/c1-10-15-11(9-20-10)7-13(17)16(4-5-18-2)8-12-14-3-6-19-12/h3,6,9H,4-5,7-8H2,1-2H3. The molecule has 2 heterocycles. The van der Waals surface area contributed by atoms with Gasteiger partial charge in [-0.25, -0.2) is 9.97 Å². The number of thiazole rings is 2. The highest BCUT2D eigenvalue weighted by atomic mass is 32.1. The largest absolute Gasteiger partial charge is 0.383 e. The number of carbonyl (C=O) groups excluding carboxylic acids is 1. The van der Waals surface area contributed by atoms with E-state index in [1.807, 2.05) is 17.7 Å². The molecule has 0 aliphatic heterocycles. The van der Waals surface area contributed by atoms with E-state index < -0.39 is 0 Å². The number of hydrogen-bond acceptors (Lipinski definition) is 6. The lowest BCUT2D eigenvalue weighted by atomic mass is 10.3. The second-order valence-corrected chi connectivity index (χ2v) is 6.31. The van der Waals surface area contributed by atoms with Gasteiger partial charge in [-0.1, -0.05) is 0 Å². The predicted octanol–water partition coefficient (Wildman–Crippen LogP) is 2.13. The summed E-state index contributed by atoms with van der Waals surface area (Å²) in [7, 11) is 1.63. The zero-order valence-electron chi connectivity index (χ0n) is 11.5. The van der Waals surface area contributed by atoms with E-state index in [9.17, 15) is 4.79 Å². The fourth-order valence-electron chi connectivity index (χ4n) is 1.74. The molecule has 2 rings (SSSR count). The van der Waals surface area contributed by atoms with Crippen LogP contribution in [0.4, 0.5) is 0 Å². The molecule has 0 spiro atoms. The number of carbonyl (C=O) groups is 1. The fourth-order valence-corrected chi connectivity index (χ4v) is 2.99. The molecule has 0 aliphatic carbocycles. The van der Waals surface area contributed by atoms with E-state index in [2.05, 4.69) is 9.97 Å². The van der Waals surface area contributed by atoms with E-state index in [0.29, 0.717) is 26.1 Å². The Hall–Kier alpha value is -1.31. The third kappa shape index (κ3) is 4.36. The highest BCUT2D eigenvalue weighted by Gasteiger charge is 2.16. The first kappa shape index (κ1) is 15.1. The number of aromatic nitrogens is 2. The number of nitrogens with zero attached hydrogens (tertiary/aromatic N) is 3. The van der Waals surface area contributed by atoms with E-state index in [1.54, 1.807) is 40.9 Å². The van der Waals surface area contributed by atoms with E-state index in [1.165, 1.54) is 0 Å². The molecule has 0 unspecified atom stereocenters. The first-order valence-electron chi connectivity index (χ1n) is 6.25. The summed E-state index contributed by atoms with van der Waals surface area (Å²) in [5.74, 6) is 0.0579. The van der Waals surface area contributed by atoms with Crippen molar-refractivity contribution in [2.75, 3.05) is 20.3 Å². The number of aryl methyl sites for hydroxylation is 1. The zero-order chi connectivity index (χ0) is 14.4. The molecule has 108 valence electrons. The molecule has 0 radical (unpaired) electrons. The Morgan fingerprint density at radius 2 is 2.30 bits per heavy atom. The van der Waals surface area contributed by atoms with Gasteiger partial charge in [0.2, 0.25) is 5.91 Å². The van der Waals surface area contributed by atoms with E-state index in [-0.39, 0.29) is 5.91 Å². The van der Waals surface area contributed by atoms with Gasteiger partial charge in [-0.3, -0.25) is 4.79 Å². The minimum absolute atomic E-state index is 0.0579. The van der Waals surface area contributed by atoms with Crippen molar-refractivity contribution in [3.05, 3.63) is 32.7 Å². The van der Waals surface area contributed by atoms with Crippen molar-refractivity contribution < 1.29 is 9.53 Å². The van der Waals surface area contributed by atoms with Gasteiger partial charge >= 0.3 is 0 Å². The van der Waals surface area contributed by atoms with Crippen LogP contribution in [0.1, 0.15) is 15.7 Å². The molecule has 2 aromatic rings. The lowest BCUT2D eigenvalue weighted by molar-refractivity contribution is -0.131. The van der Waals surface area contributed by atoms with Crippen molar-refractivity contribution in [2.24, 2.45) is 0 Å². The predicted molar refractivity (Wildman–Crippen MR) is 80.0 cm³/mol. The van der Waals surface area contributed by atoms with Crippen molar-refractivity contribution in [3.8, 4) is 0 Å². The molecule has 7 heteroatoms. The normalized spacial score (nSPS) is 10.7. The smallest absolute Gasteiger partial charge is 0.229 e. The van der Waals surface area contributed by atoms with E-state index in [0.717, 1.165) is 15.7 Å². The molecule has 0 fully saturated rings. The number of ether oxygens (including phenoxy) is 1. The molecule has 0 aromatic carbocycles. The zero-order valence-corrected chi connectivity index (χ0v) is 13.2. The summed E-state index contributed by atoms with van der Waals surface area (Å²) in [4.78, 5) is 22.7. The molecule has 0 bridgehead atoms. The molecule has 0 saturated carbocycles. The van der Waals surface area contributed by atoms with Crippen molar-refractivity contribution >= 4 is 28.6 Å². The average Bonchev–Trinajstić information content (AvgIpc) is 3.06. The maximum atomic E-state index is 12.4. The summed E-state index contributed by atoms with van der Waals surface area (Å²) in [5, 5.41) is 5.77. The van der Waals surface area contributed by atoms with Gasteiger partial charge < -0.3 is 9.64 Å². The second-order valence-electron chi connectivity index (χ2n) is 4.27. The van der Waals surface area contributed by atoms with Crippen LogP contribution in [0.2, 0.25) is 0 Å². The van der Waals surface area contributed by atoms with Gasteiger partial charge in [0.05, 0.1) is 30.3 Å². The molecule has 0 saturated heterocycles. The minimum atomic E-state index is 0.0579. The lowest BCUT2D eigenvalue weighted by Crippen LogP contribution is -2.34. The van der Waals surface area contributed by atoms with Gasteiger partial charge in [-0.15, -0.1) is 22.7 Å². The first-order valence-corrected chi connectivity index (χ1v) is 8.01. The highest BCUT2D eigenvalue weighted by molar-refractivity contribution is 7.09. The van der Waals surface area contributed by atoms with Crippen LogP contribution in [-0.4, -0.2) is 41.0 Å². The van der Waals surface area contributed by atoms with E-state index >= 15 is 0 Å². The van der Waals surface area contributed by atoms with Crippen LogP contribution in [0.5, 0.6) is 0 Å². The summed E-state index contributed by atoms with van der Waals surface area (Å²) >= 11 is 3.12. The fraction of sp³-hybridized carbons (Fsp3) is 0.462. The van der Waals surface area contributed by atoms with Crippen LogP contribution in [-0.2, 0) is 22.5 Å². The molecule has 2 aromatic heterocycles. The summed E-state index contributed by atoms with van der Waals surface area (Å²) in [6.45, 7) is 3.56. The molecular weight excluding hydrogens is 294 g/mol. The SMILES string of the molecule is COCCN(Cc1nccs1)C(=O)Cc1csc(C)n1. The Kier molecular flexibility index (Phi) is 5.63. The van der Waals surface area contributed by atoms with Crippen LogP contribution in [0.15, 0.2) is 17.0 Å². The Morgan fingerprint density at radius 1 is 1.45 bits per heavy atom. The Morgan fingerprint density at radius 3 is 2.90 bits per heavy atom. The monoisotopic (exact) mass is 311 g/mol. The average molecular weight is 311 g/mol. The maximum Gasteiger partial charge on any atom is 0.229 e. The van der Waals surface area contributed by atoms with Crippen LogP contribution in [0, 0.1) is 6.92 Å². The molecule has 0 aliphatic rings. The van der Waals surface area contributed by atoms with E-state index in [4.69, 9.17) is 4.74 Å². The minimum Gasteiger partial charge on any atom is -0.383 e. The molecule has 0 N–H and O–H groups in total. The number of amides is 1. The van der Waals surface area contributed by atoms with Crippen LogP contribution >= 0.6 is 22.7 Å². The van der Waals surface area contributed by atoms with Gasteiger partial charge in [0.1, 0.15) is 5.01 Å². The van der Waals surface area contributed by atoms with Crippen molar-refractivity contribution in [3.63, 3.8) is 0 Å². The van der Waals surface area contributed by atoms with Gasteiger partial charge in [-0.2, -0.15) is 0 Å². The molecule has 5 nitrogen and oxygen atoms in total. The summed E-state index contributed by atoms with van der Waals surface area (Å²) in [6.07, 6.45) is 2.09. The molecule has 20 heavy (non-hydrogen) atoms. The third-order valence-corrected chi connectivity index (χ3v) is 4.31. The van der Waals surface area contributed by atoms with Crippen LogP contribution < -0.4 is 0 Å². The summed E-state index contributed by atoms with van der Waals surface area (Å²) < 4.78 is 5.07.